The first-order chi connectivity index (χ1) is 7.63. The van der Waals surface area contributed by atoms with E-state index in [2.05, 4.69) is 30.7 Å². The molecule has 0 amide bonds. The zero-order chi connectivity index (χ0) is 12.1. The van der Waals surface area contributed by atoms with Crippen LogP contribution in [0, 0.1) is 0 Å². The Morgan fingerprint density at radius 2 is 2.19 bits per heavy atom. The number of hydrogen-bond acceptors (Lipinski definition) is 3. The van der Waals surface area contributed by atoms with E-state index in [1.165, 1.54) is 0 Å². The first-order valence-corrected chi connectivity index (χ1v) is 6.12. The lowest BCUT2D eigenvalue weighted by Gasteiger charge is -2.28. The van der Waals surface area contributed by atoms with Gasteiger partial charge < -0.3 is 10.6 Å². The highest BCUT2D eigenvalue weighted by atomic mass is 35.5. The number of anilines is 1. The van der Waals surface area contributed by atoms with Crippen molar-refractivity contribution in [2.45, 2.75) is 39.8 Å². The molecule has 0 saturated carbocycles. The summed E-state index contributed by atoms with van der Waals surface area (Å²) in [6.45, 7) is 7.89. The Bertz CT molecular complexity index is 341. The van der Waals surface area contributed by atoms with E-state index in [9.17, 15) is 0 Å². The average Bonchev–Trinajstić information content (AvgIpc) is 2.31. The Balaban J connectivity index is 3.01. The number of hydrogen-bond donors (Lipinski definition) is 1. The summed E-state index contributed by atoms with van der Waals surface area (Å²) < 4.78 is 0. The molecular formula is C12H20ClN3. The van der Waals surface area contributed by atoms with Gasteiger partial charge in [-0.1, -0.05) is 18.5 Å². The fourth-order valence-corrected chi connectivity index (χ4v) is 1.88. The van der Waals surface area contributed by atoms with Gasteiger partial charge in [0.15, 0.2) is 0 Å². The van der Waals surface area contributed by atoms with E-state index in [0.29, 0.717) is 17.6 Å². The molecule has 0 saturated heterocycles. The Kier molecular flexibility index (Phi) is 5.03. The van der Waals surface area contributed by atoms with E-state index >= 15 is 0 Å². The van der Waals surface area contributed by atoms with Crippen molar-refractivity contribution < 1.29 is 0 Å². The minimum absolute atomic E-state index is 0.451. The maximum atomic E-state index is 6.00. The van der Waals surface area contributed by atoms with Gasteiger partial charge in [0.25, 0.3) is 0 Å². The summed E-state index contributed by atoms with van der Waals surface area (Å²) in [5, 5.41) is 0.645. The molecule has 90 valence electrons. The van der Waals surface area contributed by atoms with Gasteiger partial charge >= 0.3 is 0 Å². The van der Waals surface area contributed by atoms with Gasteiger partial charge in [0.2, 0.25) is 0 Å². The van der Waals surface area contributed by atoms with Crippen LogP contribution < -0.4 is 10.6 Å². The molecule has 16 heavy (non-hydrogen) atoms. The van der Waals surface area contributed by atoms with Crippen LogP contribution in [-0.4, -0.2) is 17.6 Å². The quantitative estimate of drug-likeness (QED) is 0.862. The molecule has 0 bridgehead atoms. The number of rotatable bonds is 5. The monoisotopic (exact) mass is 241 g/mol. The number of nitrogens with zero attached hydrogens (tertiary/aromatic N) is 2. The highest BCUT2D eigenvalue weighted by molar-refractivity contribution is 6.31. The zero-order valence-electron chi connectivity index (χ0n) is 10.2. The van der Waals surface area contributed by atoms with Gasteiger partial charge in [0, 0.05) is 25.3 Å². The Hall–Kier alpha value is -0.800. The van der Waals surface area contributed by atoms with Crippen molar-refractivity contribution in [2.24, 2.45) is 5.73 Å². The first-order valence-electron chi connectivity index (χ1n) is 5.75. The predicted molar refractivity (Wildman–Crippen MR) is 69.9 cm³/mol. The normalized spacial score (nSPS) is 12.6. The molecule has 1 aromatic rings. The minimum atomic E-state index is 0.451. The summed E-state index contributed by atoms with van der Waals surface area (Å²) >= 11 is 6.00. The van der Waals surface area contributed by atoms with Crippen molar-refractivity contribution in [3.05, 3.63) is 22.8 Å². The van der Waals surface area contributed by atoms with Crippen molar-refractivity contribution in [1.29, 1.82) is 0 Å². The van der Waals surface area contributed by atoms with E-state index in [0.717, 1.165) is 24.3 Å². The molecule has 0 aliphatic rings. The van der Waals surface area contributed by atoms with Gasteiger partial charge in [-0.05, 0) is 31.9 Å². The molecule has 2 N–H and O–H groups in total. The van der Waals surface area contributed by atoms with Crippen molar-refractivity contribution >= 4 is 17.4 Å². The Labute approximate surface area is 103 Å². The fraction of sp³-hybridized carbons (Fsp3) is 0.583. The smallest absolute Gasteiger partial charge is 0.129 e. The van der Waals surface area contributed by atoms with Gasteiger partial charge in [-0.25, -0.2) is 4.98 Å². The van der Waals surface area contributed by atoms with E-state index in [4.69, 9.17) is 17.3 Å². The van der Waals surface area contributed by atoms with Crippen LogP contribution in [0.15, 0.2) is 12.3 Å². The summed E-state index contributed by atoms with van der Waals surface area (Å²) in [6.07, 6.45) is 2.78. The van der Waals surface area contributed by atoms with Crippen LogP contribution in [0.1, 0.15) is 32.8 Å². The predicted octanol–water partition coefficient (Wildman–Crippen LogP) is 2.82. The highest BCUT2D eigenvalue weighted by Gasteiger charge is 2.13. The lowest BCUT2D eigenvalue weighted by Crippen LogP contribution is -2.33. The molecule has 0 fully saturated rings. The lowest BCUT2D eigenvalue weighted by molar-refractivity contribution is 0.622. The summed E-state index contributed by atoms with van der Waals surface area (Å²) in [5.41, 5.74) is 6.59. The Morgan fingerprint density at radius 3 is 2.69 bits per heavy atom. The van der Waals surface area contributed by atoms with Crippen molar-refractivity contribution in [3.8, 4) is 0 Å². The highest BCUT2D eigenvalue weighted by Crippen LogP contribution is 2.22. The molecule has 1 heterocycles. The third kappa shape index (κ3) is 2.86. The summed E-state index contributed by atoms with van der Waals surface area (Å²) in [7, 11) is 0. The van der Waals surface area contributed by atoms with Crippen molar-refractivity contribution in [2.75, 3.05) is 11.4 Å². The second-order valence-electron chi connectivity index (χ2n) is 3.88. The van der Waals surface area contributed by atoms with Crippen molar-refractivity contribution in [1.82, 2.24) is 4.98 Å². The van der Waals surface area contributed by atoms with Gasteiger partial charge in [-0.15, -0.1) is 0 Å². The molecule has 0 aliphatic heterocycles. The molecule has 4 heteroatoms. The molecule has 0 radical (unpaired) electrons. The standard InChI is InChI=1S/C12H20ClN3/c1-4-9(3)16(5-2)12-6-10(7-14)11(13)8-15-12/h6,8-9H,4-5,7,14H2,1-3H3. The van der Waals surface area contributed by atoms with E-state index < -0.39 is 0 Å². The van der Waals surface area contributed by atoms with Crippen LogP contribution in [0.5, 0.6) is 0 Å². The number of halogens is 1. The van der Waals surface area contributed by atoms with Crippen LogP contribution in [0.2, 0.25) is 5.02 Å². The molecular weight excluding hydrogens is 222 g/mol. The number of pyridine rings is 1. The molecule has 1 rings (SSSR count). The summed E-state index contributed by atoms with van der Waals surface area (Å²) in [6, 6.07) is 2.46. The first kappa shape index (κ1) is 13.3. The maximum absolute atomic E-state index is 6.00. The number of nitrogens with two attached hydrogens (primary N) is 1. The van der Waals surface area contributed by atoms with Gasteiger partial charge in [-0.2, -0.15) is 0 Å². The van der Waals surface area contributed by atoms with Crippen LogP contribution in [0.4, 0.5) is 5.82 Å². The largest absolute Gasteiger partial charge is 0.354 e. The van der Waals surface area contributed by atoms with Crippen molar-refractivity contribution in [3.63, 3.8) is 0 Å². The Morgan fingerprint density at radius 1 is 1.50 bits per heavy atom. The fourth-order valence-electron chi connectivity index (χ4n) is 1.70. The molecule has 3 nitrogen and oxygen atoms in total. The van der Waals surface area contributed by atoms with Gasteiger partial charge in [-0.3, -0.25) is 0 Å². The molecule has 1 atom stereocenters. The average molecular weight is 242 g/mol. The third-order valence-electron chi connectivity index (χ3n) is 2.90. The van der Waals surface area contributed by atoms with Crippen LogP contribution in [-0.2, 0) is 6.54 Å². The lowest BCUT2D eigenvalue weighted by atomic mass is 10.2. The molecule has 1 unspecified atom stereocenters. The van der Waals surface area contributed by atoms with Crippen LogP contribution >= 0.6 is 11.6 Å². The second kappa shape index (κ2) is 6.06. The summed E-state index contributed by atoms with van der Waals surface area (Å²) in [5.74, 6) is 0.960. The topological polar surface area (TPSA) is 42.1 Å². The van der Waals surface area contributed by atoms with Crippen LogP contribution in [0.3, 0.4) is 0 Å². The third-order valence-corrected chi connectivity index (χ3v) is 3.24. The maximum Gasteiger partial charge on any atom is 0.129 e. The second-order valence-corrected chi connectivity index (χ2v) is 4.29. The number of aromatic nitrogens is 1. The zero-order valence-corrected chi connectivity index (χ0v) is 11.0. The SMILES string of the molecule is CCC(C)N(CC)c1cc(CN)c(Cl)cn1. The molecule has 0 spiro atoms. The van der Waals surface area contributed by atoms with E-state index in [1.807, 2.05) is 6.07 Å². The van der Waals surface area contributed by atoms with Crippen LogP contribution in [0.25, 0.3) is 0 Å². The minimum Gasteiger partial charge on any atom is -0.354 e. The molecule has 1 aromatic heterocycles. The van der Waals surface area contributed by atoms with Gasteiger partial charge in [0.1, 0.15) is 5.82 Å². The summed E-state index contributed by atoms with van der Waals surface area (Å²) in [4.78, 5) is 6.62. The molecule has 0 aromatic carbocycles. The van der Waals surface area contributed by atoms with Gasteiger partial charge in [0.05, 0.1) is 5.02 Å². The van der Waals surface area contributed by atoms with E-state index in [-0.39, 0.29) is 0 Å². The van der Waals surface area contributed by atoms with E-state index in [1.54, 1.807) is 6.20 Å². The molecule has 0 aliphatic carbocycles.